The van der Waals surface area contributed by atoms with Crippen LogP contribution in [0, 0.1) is 0 Å². The number of para-hydroxylation sites is 1. The zero-order valence-corrected chi connectivity index (χ0v) is 16.5. The number of likely N-dealkylation sites (N-methyl/N-ethyl adjacent to an activating group) is 1. The minimum Gasteiger partial charge on any atom is -0.508 e. The van der Waals surface area contributed by atoms with Crippen LogP contribution in [0.3, 0.4) is 0 Å². The molecule has 0 spiro atoms. The molecule has 1 amide bonds. The van der Waals surface area contributed by atoms with E-state index >= 15 is 0 Å². The van der Waals surface area contributed by atoms with E-state index in [2.05, 4.69) is 11.8 Å². The molecule has 27 heavy (non-hydrogen) atoms. The van der Waals surface area contributed by atoms with Crippen LogP contribution in [0.25, 0.3) is 0 Å². The number of carbonyl (C=O) groups is 1. The van der Waals surface area contributed by atoms with E-state index in [1.54, 1.807) is 17.0 Å². The van der Waals surface area contributed by atoms with Gasteiger partial charge in [-0.3, -0.25) is 9.69 Å². The van der Waals surface area contributed by atoms with Crippen LogP contribution < -0.4 is 4.74 Å². The molecule has 0 aliphatic carbocycles. The van der Waals surface area contributed by atoms with Crippen LogP contribution in [-0.4, -0.2) is 47.6 Å². The molecule has 5 nitrogen and oxygen atoms in total. The second-order valence-electron chi connectivity index (χ2n) is 6.67. The lowest BCUT2D eigenvalue weighted by Crippen LogP contribution is -2.38. The largest absolute Gasteiger partial charge is 0.508 e. The van der Waals surface area contributed by atoms with E-state index in [9.17, 15) is 9.90 Å². The molecular formula is C22H30N2O3. The van der Waals surface area contributed by atoms with E-state index in [-0.39, 0.29) is 11.7 Å². The molecule has 0 fully saturated rings. The number of hydrogen-bond donors (Lipinski definition) is 1. The van der Waals surface area contributed by atoms with Crippen molar-refractivity contribution in [1.82, 2.24) is 9.80 Å². The van der Waals surface area contributed by atoms with E-state index in [1.807, 2.05) is 50.4 Å². The molecular weight excluding hydrogens is 340 g/mol. The van der Waals surface area contributed by atoms with E-state index in [0.29, 0.717) is 26.2 Å². The van der Waals surface area contributed by atoms with Gasteiger partial charge in [0.25, 0.3) is 0 Å². The van der Waals surface area contributed by atoms with Crippen LogP contribution >= 0.6 is 0 Å². The topological polar surface area (TPSA) is 53.0 Å². The number of phenolic OH excluding ortho intramolecular Hbond substituents is 1. The molecule has 0 saturated carbocycles. The first-order valence-corrected chi connectivity index (χ1v) is 9.48. The van der Waals surface area contributed by atoms with Crippen LogP contribution in [0.1, 0.15) is 31.4 Å². The lowest BCUT2D eigenvalue weighted by molar-refractivity contribution is -0.131. The van der Waals surface area contributed by atoms with Gasteiger partial charge in [-0.25, -0.2) is 0 Å². The Balaban J connectivity index is 1.94. The summed E-state index contributed by atoms with van der Waals surface area (Å²) in [6, 6.07) is 15.1. The number of benzene rings is 2. The highest BCUT2D eigenvalue weighted by Crippen LogP contribution is 2.18. The second kappa shape index (κ2) is 10.6. The number of carbonyl (C=O) groups excluding carboxylic acids is 1. The molecule has 2 aromatic carbocycles. The number of rotatable bonds is 10. The quantitative estimate of drug-likeness (QED) is 0.693. The smallest absolute Gasteiger partial charge is 0.236 e. The summed E-state index contributed by atoms with van der Waals surface area (Å²) in [4.78, 5) is 16.5. The van der Waals surface area contributed by atoms with Crippen molar-refractivity contribution < 1.29 is 14.6 Å². The van der Waals surface area contributed by atoms with Gasteiger partial charge < -0.3 is 14.7 Å². The first-order valence-electron chi connectivity index (χ1n) is 9.48. The lowest BCUT2D eigenvalue weighted by Gasteiger charge is -2.25. The highest BCUT2D eigenvalue weighted by Gasteiger charge is 2.16. The molecule has 146 valence electrons. The summed E-state index contributed by atoms with van der Waals surface area (Å²) in [5.74, 6) is 1.17. The Bertz CT molecular complexity index is 716. The average Bonchev–Trinajstić information content (AvgIpc) is 2.65. The third-order valence-corrected chi connectivity index (χ3v) is 4.36. The van der Waals surface area contributed by atoms with Crippen LogP contribution in [0.15, 0.2) is 48.5 Å². The molecule has 0 aromatic heterocycles. The Morgan fingerprint density at radius 2 is 1.74 bits per heavy atom. The fraction of sp³-hybridized carbons (Fsp3) is 0.409. The molecule has 0 bridgehead atoms. The molecule has 0 atom stereocenters. The Hall–Kier alpha value is -2.53. The highest BCUT2D eigenvalue weighted by atomic mass is 16.5. The van der Waals surface area contributed by atoms with Gasteiger partial charge in [0.05, 0.1) is 13.2 Å². The van der Waals surface area contributed by atoms with Crippen molar-refractivity contribution in [3.05, 3.63) is 59.7 Å². The van der Waals surface area contributed by atoms with Gasteiger partial charge in [0.15, 0.2) is 0 Å². The summed E-state index contributed by atoms with van der Waals surface area (Å²) in [7, 11) is 1.82. The lowest BCUT2D eigenvalue weighted by atomic mass is 10.2. The van der Waals surface area contributed by atoms with Gasteiger partial charge in [-0.15, -0.1) is 0 Å². The predicted molar refractivity (Wildman–Crippen MR) is 108 cm³/mol. The van der Waals surface area contributed by atoms with Gasteiger partial charge in [-0.05, 0) is 43.7 Å². The maximum absolute atomic E-state index is 12.7. The van der Waals surface area contributed by atoms with E-state index in [4.69, 9.17) is 4.74 Å². The number of ether oxygens (including phenoxy) is 1. The predicted octanol–water partition coefficient (Wildman–Crippen LogP) is 3.66. The zero-order chi connectivity index (χ0) is 19.6. The average molecular weight is 370 g/mol. The SMILES string of the molecule is CCCN(CC(=O)N(C)Cc1ccc(OCC)cc1)Cc1ccccc1O. The first-order chi connectivity index (χ1) is 13.0. The summed E-state index contributed by atoms with van der Waals surface area (Å²) >= 11 is 0. The molecule has 2 aromatic rings. The number of aromatic hydroxyl groups is 1. The third-order valence-electron chi connectivity index (χ3n) is 4.36. The fourth-order valence-electron chi connectivity index (χ4n) is 2.95. The monoisotopic (exact) mass is 370 g/mol. The summed E-state index contributed by atoms with van der Waals surface area (Å²) < 4.78 is 5.45. The summed E-state index contributed by atoms with van der Waals surface area (Å²) in [6.07, 6.45) is 0.948. The summed E-state index contributed by atoms with van der Waals surface area (Å²) in [5.41, 5.74) is 1.91. The van der Waals surface area contributed by atoms with E-state index < -0.39 is 0 Å². The van der Waals surface area contributed by atoms with Crippen LogP contribution in [0.5, 0.6) is 11.5 Å². The number of amides is 1. The molecule has 1 N–H and O–H groups in total. The number of hydrogen-bond acceptors (Lipinski definition) is 4. The first kappa shape index (κ1) is 20.8. The van der Waals surface area contributed by atoms with Crippen molar-refractivity contribution in [2.24, 2.45) is 0 Å². The highest BCUT2D eigenvalue weighted by molar-refractivity contribution is 5.78. The van der Waals surface area contributed by atoms with Crippen LogP contribution in [0.2, 0.25) is 0 Å². The van der Waals surface area contributed by atoms with Gasteiger partial charge in [-0.1, -0.05) is 37.3 Å². The Morgan fingerprint density at radius 1 is 1.04 bits per heavy atom. The third kappa shape index (κ3) is 6.61. The zero-order valence-electron chi connectivity index (χ0n) is 16.5. The summed E-state index contributed by atoms with van der Waals surface area (Å²) in [6.45, 7) is 6.93. The minimum atomic E-state index is 0.0627. The maximum atomic E-state index is 12.7. The summed E-state index contributed by atoms with van der Waals surface area (Å²) in [5, 5.41) is 9.99. The van der Waals surface area contributed by atoms with E-state index in [1.165, 1.54) is 0 Å². The Labute approximate surface area is 162 Å². The van der Waals surface area contributed by atoms with E-state index in [0.717, 1.165) is 29.8 Å². The minimum absolute atomic E-state index is 0.0627. The number of nitrogens with zero attached hydrogens (tertiary/aromatic N) is 2. The van der Waals surface area contributed by atoms with Gasteiger partial charge in [0, 0.05) is 25.7 Å². The van der Waals surface area contributed by atoms with Crippen molar-refractivity contribution in [1.29, 1.82) is 0 Å². The molecule has 0 aliphatic heterocycles. The normalized spacial score (nSPS) is 10.8. The van der Waals surface area contributed by atoms with Crippen molar-refractivity contribution in [3.63, 3.8) is 0 Å². The van der Waals surface area contributed by atoms with Gasteiger partial charge in [0.2, 0.25) is 5.91 Å². The number of phenols is 1. The molecule has 5 heteroatoms. The molecule has 0 aliphatic rings. The Kier molecular flexibility index (Phi) is 8.14. The van der Waals surface area contributed by atoms with Crippen molar-refractivity contribution in [2.75, 3.05) is 26.7 Å². The standard InChI is InChI=1S/C22H30N2O3/c1-4-14-24(16-19-8-6-7-9-21(19)25)17-22(26)23(3)15-18-10-12-20(13-11-18)27-5-2/h6-13,25H,4-5,14-17H2,1-3H3. The van der Waals surface area contributed by atoms with Crippen molar-refractivity contribution in [2.45, 2.75) is 33.4 Å². The molecule has 0 saturated heterocycles. The van der Waals surface area contributed by atoms with Gasteiger partial charge in [0.1, 0.15) is 11.5 Å². The van der Waals surface area contributed by atoms with Crippen molar-refractivity contribution >= 4 is 5.91 Å². The maximum Gasteiger partial charge on any atom is 0.236 e. The molecule has 0 heterocycles. The fourth-order valence-corrected chi connectivity index (χ4v) is 2.95. The Morgan fingerprint density at radius 3 is 2.37 bits per heavy atom. The van der Waals surface area contributed by atoms with Gasteiger partial charge in [-0.2, -0.15) is 0 Å². The molecule has 2 rings (SSSR count). The van der Waals surface area contributed by atoms with Crippen molar-refractivity contribution in [3.8, 4) is 11.5 Å². The molecule has 0 unspecified atom stereocenters. The van der Waals surface area contributed by atoms with Crippen LogP contribution in [-0.2, 0) is 17.9 Å². The molecule has 0 radical (unpaired) electrons. The second-order valence-corrected chi connectivity index (χ2v) is 6.67. The van der Waals surface area contributed by atoms with Crippen LogP contribution in [0.4, 0.5) is 0 Å². The van der Waals surface area contributed by atoms with Gasteiger partial charge >= 0.3 is 0 Å².